The fourth-order valence-electron chi connectivity index (χ4n) is 1.88. The Labute approximate surface area is 83.2 Å². The van der Waals surface area contributed by atoms with E-state index >= 15 is 0 Å². The summed E-state index contributed by atoms with van der Waals surface area (Å²) < 4.78 is 5.19. The van der Waals surface area contributed by atoms with Crippen molar-refractivity contribution in [1.29, 1.82) is 0 Å². The van der Waals surface area contributed by atoms with E-state index in [4.69, 9.17) is 4.74 Å². The average molecular weight is 203 g/mol. The Bertz CT molecular complexity index is 162. The molecule has 2 N–H and O–H groups in total. The summed E-state index contributed by atoms with van der Waals surface area (Å²) >= 11 is 2.00. The number of aliphatic hydroxyl groups is 1. The van der Waals surface area contributed by atoms with Crippen LogP contribution in [0, 0.1) is 0 Å². The van der Waals surface area contributed by atoms with Gasteiger partial charge in [0.15, 0.2) is 0 Å². The molecule has 2 heterocycles. The molecule has 0 aliphatic carbocycles. The van der Waals surface area contributed by atoms with Gasteiger partial charge in [-0.05, 0) is 18.6 Å². The number of ether oxygens (including phenoxy) is 1. The molecule has 0 bridgehead atoms. The monoisotopic (exact) mass is 203 g/mol. The molecule has 2 fully saturated rings. The van der Waals surface area contributed by atoms with E-state index in [1.54, 1.807) is 0 Å². The van der Waals surface area contributed by atoms with E-state index in [1.807, 2.05) is 11.8 Å². The molecule has 0 amide bonds. The normalized spacial score (nSPS) is 40.8. The van der Waals surface area contributed by atoms with Gasteiger partial charge in [-0.25, -0.2) is 0 Å². The predicted octanol–water partition coefficient (Wildman–Crippen LogP) is 0.231. The van der Waals surface area contributed by atoms with E-state index in [-0.39, 0.29) is 12.1 Å². The van der Waals surface area contributed by atoms with Gasteiger partial charge in [0.05, 0.1) is 25.4 Å². The van der Waals surface area contributed by atoms with Crippen LogP contribution in [0.5, 0.6) is 0 Å². The van der Waals surface area contributed by atoms with Crippen molar-refractivity contribution in [3.63, 3.8) is 0 Å². The molecule has 0 radical (unpaired) electrons. The first-order chi connectivity index (χ1) is 6.36. The summed E-state index contributed by atoms with van der Waals surface area (Å²) in [4.78, 5) is 0. The molecule has 76 valence electrons. The summed E-state index contributed by atoms with van der Waals surface area (Å²) in [5.41, 5.74) is 0. The molecular weight excluding hydrogens is 186 g/mol. The van der Waals surface area contributed by atoms with Crippen molar-refractivity contribution in [1.82, 2.24) is 5.32 Å². The highest BCUT2D eigenvalue weighted by Crippen LogP contribution is 2.18. The molecule has 0 aromatic heterocycles. The molecule has 2 aliphatic heterocycles. The third-order valence-corrected chi connectivity index (χ3v) is 3.88. The Morgan fingerprint density at radius 1 is 1.38 bits per heavy atom. The van der Waals surface area contributed by atoms with E-state index in [2.05, 4.69) is 5.32 Å². The third-order valence-electron chi connectivity index (χ3n) is 2.66. The molecule has 2 aliphatic rings. The van der Waals surface area contributed by atoms with Gasteiger partial charge in [-0.3, -0.25) is 0 Å². The van der Waals surface area contributed by atoms with Gasteiger partial charge in [0, 0.05) is 11.8 Å². The molecule has 1 unspecified atom stereocenters. The fourth-order valence-corrected chi connectivity index (χ4v) is 2.96. The van der Waals surface area contributed by atoms with Crippen LogP contribution in [0.1, 0.15) is 12.8 Å². The first-order valence-corrected chi connectivity index (χ1v) is 6.11. The lowest BCUT2D eigenvalue weighted by Crippen LogP contribution is -2.46. The van der Waals surface area contributed by atoms with Crippen molar-refractivity contribution in [2.45, 2.75) is 31.0 Å². The second-order valence-corrected chi connectivity index (χ2v) is 4.94. The lowest BCUT2D eigenvalue weighted by molar-refractivity contribution is 0.121. The van der Waals surface area contributed by atoms with Crippen molar-refractivity contribution >= 4 is 11.8 Å². The highest BCUT2D eigenvalue weighted by molar-refractivity contribution is 7.99. The lowest BCUT2D eigenvalue weighted by atomic mass is 10.1. The molecule has 3 nitrogen and oxygen atoms in total. The van der Waals surface area contributed by atoms with Crippen molar-refractivity contribution < 1.29 is 9.84 Å². The molecule has 0 aromatic rings. The Morgan fingerprint density at radius 3 is 2.92 bits per heavy atom. The van der Waals surface area contributed by atoms with E-state index < -0.39 is 0 Å². The smallest absolute Gasteiger partial charge is 0.0948 e. The summed E-state index contributed by atoms with van der Waals surface area (Å²) in [6.45, 7) is 1.17. The van der Waals surface area contributed by atoms with Gasteiger partial charge in [0.25, 0.3) is 0 Å². The SMILES string of the molecule is O[C@@H]1COC[C@H]1NC1CCCSC1. The van der Waals surface area contributed by atoms with Crippen molar-refractivity contribution in [2.24, 2.45) is 0 Å². The first kappa shape index (κ1) is 9.77. The molecule has 2 saturated heterocycles. The van der Waals surface area contributed by atoms with Crippen LogP contribution in [0.2, 0.25) is 0 Å². The van der Waals surface area contributed by atoms with Gasteiger partial charge in [-0.1, -0.05) is 0 Å². The molecule has 13 heavy (non-hydrogen) atoms. The molecule has 2 rings (SSSR count). The van der Waals surface area contributed by atoms with Crippen LogP contribution in [-0.2, 0) is 4.74 Å². The highest BCUT2D eigenvalue weighted by atomic mass is 32.2. The Hall–Kier alpha value is 0.230. The maximum Gasteiger partial charge on any atom is 0.0948 e. The number of nitrogens with one attached hydrogen (secondary N) is 1. The summed E-state index contributed by atoms with van der Waals surface area (Å²) in [5, 5.41) is 13.0. The van der Waals surface area contributed by atoms with Crippen LogP contribution < -0.4 is 5.32 Å². The lowest BCUT2D eigenvalue weighted by Gasteiger charge is -2.26. The second kappa shape index (κ2) is 4.64. The molecule has 4 heteroatoms. The molecular formula is C9H17NO2S. The van der Waals surface area contributed by atoms with Crippen molar-refractivity contribution in [2.75, 3.05) is 24.7 Å². The fraction of sp³-hybridized carbons (Fsp3) is 1.00. The predicted molar refractivity (Wildman–Crippen MR) is 54.1 cm³/mol. The van der Waals surface area contributed by atoms with Gasteiger partial charge < -0.3 is 15.2 Å². The number of hydrogen-bond donors (Lipinski definition) is 2. The minimum atomic E-state index is -0.299. The van der Waals surface area contributed by atoms with Gasteiger partial charge in [-0.2, -0.15) is 11.8 Å². The van der Waals surface area contributed by atoms with Gasteiger partial charge in [0.1, 0.15) is 0 Å². The zero-order valence-corrected chi connectivity index (χ0v) is 8.55. The molecule has 0 saturated carbocycles. The Balaban J connectivity index is 1.75. The summed E-state index contributed by atoms with van der Waals surface area (Å²) in [6, 6.07) is 0.754. The number of hydrogen-bond acceptors (Lipinski definition) is 4. The molecule has 0 aromatic carbocycles. The summed E-state index contributed by atoms with van der Waals surface area (Å²) in [7, 11) is 0. The minimum absolute atomic E-state index is 0.170. The van der Waals surface area contributed by atoms with E-state index in [0.717, 1.165) is 0 Å². The zero-order chi connectivity index (χ0) is 9.10. The Morgan fingerprint density at radius 2 is 2.31 bits per heavy atom. The quantitative estimate of drug-likeness (QED) is 0.674. The van der Waals surface area contributed by atoms with Crippen LogP contribution >= 0.6 is 11.8 Å². The standard InChI is InChI=1S/C9H17NO2S/c11-9-5-12-4-8(9)10-7-2-1-3-13-6-7/h7-11H,1-6H2/t7?,8-,9-/m1/s1. The molecule has 0 spiro atoms. The van der Waals surface area contributed by atoms with Crippen LogP contribution in [0.15, 0.2) is 0 Å². The average Bonchev–Trinajstić information content (AvgIpc) is 2.54. The topological polar surface area (TPSA) is 41.5 Å². The highest BCUT2D eigenvalue weighted by Gasteiger charge is 2.28. The zero-order valence-electron chi connectivity index (χ0n) is 7.74. The second-order valence-electron chi connectivity index (χ2n) is 3.79. The number of thioether (sulfide) groups is 1. The van der Waals surface area contributed by atoms with E-state index in [0.29, 0.717) is 19.3 Å². The van der Waals surface area contributed by atoms with Crippen LogP contribution in [-0.4, -0.2) is 48.0 Å². The van der Waals surface area contributed by atoms with Gasteiger partial charge in [-0.15, -0.1) is 0 Å². The third kappa shape index (κ3) is 2.59. The first-order valence-electron chi connectivity index (χ1n) is 4.96. The largest absolute Gasteiger partial charge is 0.389 e. The van der Waals surface area contributed by atoms with Crippen molar-refractivity contribution in [3.8, 4) is 0 Å². The maximum absolute atomic E-state index is 9.53. The minimum Gasteiger partial charge on any atom is -0.389 e. The van der Waals surface area contributed by atoms with Crippen LogP contribution in [0.3, 0.4) is 0 Å². The summed E-state index contributed by atoms with van der Waals surface area (Å²) in [5.74, 6) is 2.48. The van der Waals surface area contributed by atoms with Gasteiger partial charge >= 0.3 is 0 Å². The molecule has 3 atom stereocenters. The van der Waals surface area contributed by atoms with E-state index in [1.165, 1.54) is 24.3 Å². The van der Waals surface area contributed by atoms with Crippen molar-refractivity contribution in [3.05, 3.63) is 0 Å². The summed E-state index contributed by atoms with van der Waals surface area (Å²) in [6.07, 6.45) is 2.24. The number of rotatable bonds is 2. The Kier molecular flexibility index (Phi) is 3.49. The maximum atomic E-state index is 9.53. The van der Waals surface area contributed by atoms with Crippen LogP contribution in [0.4, 0.5) is 0 Å². The van der Waals surface area contributed by atoms with Crippen LogP contribution in [0.25, 0.3) is 0 Å². The number of aliphatic hydroxyl groups excluding tert-OH is 1. The van der Waals surface area contributed by atoms with E-state index in [9.17, 15) is 5.11 Å². The van der Waals surface area contributed by atoms with Gasteiger partial charge in [0.2, 0.25) is 0 Å².